The van der Waals surface area contributed by atoms with Crippen molar-refractivity contribution in [3.05, 3.63) is 48.5 Å². The number of halogens is 1. The van der Waals surface area contributed by atoms with Gasteiger partial charge in [0.25, 0.3) is 0 Å². The third kappa shape index (κ3) is 3.75. The van der Waals surface area contributed by atoms with Gasteiger partial charge in [-0.2, -0.15) is 0 Å². The molecule has 0 aliphatic heterocycles. The van der Waals surface area contributed by atoms with Gasteiger partial charge in [0.05, 0.1) is 0 Å². The number of nitrogens with zero attached hydrogens (tertiary/aromatic N) is 2. The molecule has 0 spiro atoms. The number of pyridine rings is 1. The number of H-pyrrole nitrogens is 1. The number of aromatic nitrogens is 2. The molecule has 2 heterocycles. The molecule has 3 N–H and O–H groups in total. The molecule has 0 saturated heterocycles. The highest BCUT2D eigenvalue weighted by Crippen LogP contribution is 2.28. The Kier molecular flexibility index (Phi) is 4.91. The van der Waals surface area contributed by atoms with Crippen LogP contribution in [0.4, 0.5) is 4.39 Å². The van der Waals surface area contributed by atoms with E-state index in [1.807, 2.05) is 6.07 Å². The number of fused-ring (bicyclic) bond motifs is 1. The van der Waals surface area contributed by atoms with Crippen molar-refractivity contribution in [1.82, 2.24) is 14.3 Å². The van der Waals surface area contributed by atoms with Gasteiger partial charge in [0.15, 0.2) is 0 Å². The number of rotatable bonds is 6. The lowest BCUT2D eigenvalue weighted by Gasteiger charge is -2.14. The van der Waals surface area contributed by atoms with Gasteiger partial charge >= 0.3 is 0 Å². The van der Waals surface area contributed by atoms with E-state index >= 15 is 0 Å². The van der Waals surface area contributed by atoms with Gasteiger partial charge in [0, 0.05) is 54.4 Å². The van der Waals surface area contributed by atoms with Crippen molar-refractivity contribution in [3.8, 4) is 11.1 Å². The van der Waals surface area contributed by atoms with Crippen molar-refractivity contribution in [1.29, 1.82) is 0 Å². The maximum atomic E-state index is 13.3. The molecule has 0 radical (unpaired) electrons. The average molecular weight is 360 g/mol. The summed E-state index contributed by atoms with van der Waals surface area (Å²) in [6.45, 7) is 0.291. The van der Waals surface area contributed by atoms with Gasteiger partial charge < -0.3 is 10.7 Å². The van der Waals surface area contributed by atoms with Gasteiger partial charge in [-0.15, -0.1) is 0 Å². The van der Waals surface area contributed by atoms with E-state index in [1.165, 1.54) is 16.4 Å². The summed E-state index contributed by atoms with van der Waals surface area (Å²) in [4.78, 5) is 18.1. The van der Waals surface area contributed by atoms with Crippen LogP contribution in [-0.2, 0) is 15.8 Å². The molecule has 0 saturated carbocycles. The normalized spacial score (nSPS) is 12.6. The van der Waals surface area contributed by atoms with E-state index in [2.05, 4.69) is 9.97 Å². The first-order valence-electron chi connectivity index (χ1n) is 7.60. The van der Waals surface area contributed by atoms with Crippen molar-refractivity contribution < 1.29 is 13.4 Å². The minimum absolute atomic E-state index is 0.131. The molecular formula is C17H17FN4O2S. The Morgan fingerprint density at radius 2 is 2.16 bits per heavy atom. The number of benzene rings is 1. The highest BCUT2D eigenvalue weighted by Gasteiger charge is 2.14. The molecule has 0 aliphatic rings. The summed E-state index contributed by atoms with van der Waals surface area (Å²) in [5.41, 5.74) is 7.53. The smallest absolute Gasteiger partial charge is 0.218 e. The molecule has 0 fully saturated rings. The fourth-order valence-corrected chi connectivity index (χ4v) is 3.39. The maximum absolute atomic E-state index is 13.3. The molecule has 8 heteroatoms. The monoisotopic (exact) mass is 360 g/mol. The van der Waals surface area contributed by atoms with E-state index in [0.29, 0.717) is 17.1 Å². The van der Waals surface area contributed by atoms with E-state index in [1.54, 1.807) is 31.6 Å². The van der Waals surface area contributed by atoms with Crippen LogP contribution in [0.25, 0.3) is 22.0 Å². The zero-order valence-corrected chi connectivity index (χ0v) is 14.3. The Balaban J connectivity index is 1.82. The quantitative estimate of drug-likeness (QED) is 0.706. The van der Waals surface area contributed by atoms with Crippen molar-refractivity contribution in [2.45, 2.75) is 11.4 Å². The number of primary amides is 1. The Hall–Kier alpha value is -2.58. The minimum atomic E-state index is -1.47. The Bertz CT molecular complexity index is 939. The van der Waals surface area contributed by atoms with E-state index < -0.39 is 16.9 Å². The molecule has 0 bridgehead atoms. The Labute approximate surface area is 146 Å². The molecule has 2 aromatic heterocycles. The molecule has 3 aromatic rings. The highest BCUT2D eigenvalue weighted by atomic mass is 32.2. The largest absolute Gasteiger partial charge is 0.370 e. The maximum Gasteiger partial charge on any atom is 0.218 e. The number of aromatic amines is 1. The van der Waals surface area contributed by atoms with Crippen molar-refractivity contribution in [2.75, 3.05) is 13.6 Å². The molecule has 6 nitrogen and oxygen atoms in total. The molecule has 3 rings (SSSR count). The van der Waals surface area contributed by atoms with Gasteiger partial charge in [-0.05, 0) is 30.3 Å². The first kappa shape index (κ1) is 17.2. The number of carbonyl (C=O) groups is 1. The number of nitrogens with two attached hydrogens (primary N) is 1. The summed E-state index contributed by atoms with van der Waals surface area (Å²) in [6, 6.07) is 8.04. The van der Waals surface area contributed by atoms with E-state index in [-0.39, 0.29) is 12.2 Å². The van der Waals surface area contributed by atoms with Crippen molar-refractivity contribution in [3.63, 3.8) is 0 Å². The molecule has 25 heavy (non-hydrogen) atoms. The van der Waals surface area contributed by atoms with E-state index in [0.717, 1.165) is 16.5 Å². The summed E-state index contributed by atoms with van der Waals surface area (Å²) >= 11 is 0. The fraction of sp³-hybridized carbons (Fsp3) is 0.176. The topological polar surface area (TPSA) is 92.1 Å². The Morgan fingerprint density at radius 3 is 2.84 bits per heavy atom. The van der Waals surface area contributed by atoms with Gasteiger partial charge in [-0.25, -0.2) is 17.9 Å². The zero-order valence-electron chi connectivity index (χ0n) is 13.5. The summed E-state index contributed by atoms with van der Waals surface area (Å²) in [5, 5.41) is 1.28. The number of carbonyl (C=O) groups excluding carboxylic acids is 1. The number of hydrogen-bond donors (Lipinski definition) is 2. The standard InChI is InChI=1S/C17H17FN4O2S/c1-22(7-6-16(19)23)25(24)17-5-2-11(9-21-17)14-10-20-15-8-12(18)3-4-13(14)15/h2-5,8-10,20H,6-7H2,1H3,(H2,19,23). The fourth-order valence-electron chi connectivity index (χ4n) is 2.49. The van der Waals surface area contributed by atoms with Gasteiger partial charge in [0.2, 0.25) is 5.91 Å². The van der Waals surface area contributed by atoms with Crippen molar-refractivity contribution >= 4 is 27.8 Å². The van der Waals surface area contributed by atoms with Crippen LogP contribution >= 0.6 is 0 Å². The summed E-state index contributed by atoms with van der Waals surface area (Å²) in [7, 11) is 0.169. The minimum Gasteiger partial charge on any atom is -0.370 e. The van der Waals surface area contributed by atoms with Crippen LogP contribution in [0.2, 0.25) is 0 Å². The third-order valence-corrected chi connectivity index (χ3v) is 5.17. The van der Waals surface area contributed by atoms with Crippen LogP contribution in [0.3, 0.4) is 0 Å². The number of amides is 1. The van der Waals surface area contributed by atoms with E-state index in [9.17, 15) is 13.4 Å². The molecule has 1 atom stereocenters. The predicted molar refractivity (Wildman–Crippen MR) is 94.3 cm³/mol. The molecule has 130 valence electrons. The van der Waals surface area contributed by atoms with Gasteiger partial charge in [0.1, 0.15) is 21.8 Å². The molecule has 1 amide bonds. The van der Waals surface area contributed by atoms with E-state index in [4.69, 9.17) is 5.73 Å². The van der Waals surface area contributed by atoms with Crippen molar-refractivity contribution in [2.24, 2.45) is 5.73 Å². The van der Waals surface area contributed by atoms with Crippen LogP contribution in [0, 0.1) is 5.82 Å². The molecule has 1 aromatic carbocycles. The van der Waals surface area contributed by atoms with Crippen LogP contribution < -0.4 is 5.73 Å². The second-order valence-corrected chi connectivity index (χ2v) is 7.13. The van der Waals surface area contributed by atoms with Crippen LogP contribution in [0.5, 0.6) is 0 Å². The zero-order chi connectivity index (χ0) is 18.0. The summed E-state index contributed by atoms with van der Waals surface area (Å²) < 4.78 is 27.2. The first-order valence-corrected chi connectivity index (χ1v) is 8.71. The lowest BCUT2D eigenvalue weighted by Crippen LogP contribution is -2.26. The lowest BCUT2D eigenvalue weighted by atomic mass is 10.1. The number of nitrogens with one attached hydrogen (secondary N) is 1. The Morgan fingerprint density at radius 1 is 1.36 bits per heavy atom. The second kappa shape index (κ2) is 7.12. The third-order valence-electron chi connectivity index (χ3n) is 3.83. The van der Waals surface area contributed by atoms with Gasteiger partial charge in [-0.3, -0.25) is 4.79 Å². The second-order valence-electron chi connectivity index (χ2n) is 5.59. The van der Waals surface area contributed by atoms with Crippen LogP contribution in [-0.4, -0.2) is 38.0 Å². The average Bonchev–Trinajstić information content (AvgIpc) is 3.02. The lowest BCUT2D eigenvalue weighted by molar-refractivity contribution is -0.118. The van der Waals surface area contributed by atoms with Crippen LogP contribution in [0.1, 0.15) is 6.42 Å². The molecule has 1 unspecified atom stereocenters. The van der Waals surface area contributed by atoms with Crippen LogP contribution in [0.15, 0.2) is 47.8 Å². The number of hydrogen-bond acceptors (Lipinski definition) is 3. The van der Waals surface area contributed by atoms with Gasteiger partial charge in [-0.1, -0.05) is 0 Å². The summed E-state index contributed by atoms with van der Waals surface area (Å²) in [5.74, 6) is -0.744. The molecular weight excluding hydrogens is 343 g/mol. The predicted octanol–water partition coefficient (Wildman–Crippen LogP) is 2.20. The SMILES string of the molecule is CN(CCC(N)=O)S(=O)c1ccc(-c2c[nH]c3cc(F)ccc23)cn1. The molecule has 0 aliphatic carbocycles. The summed E-state index contributed by atoms with van der Waals surface area (Å²) in [6.07, 6.45) is 3.55. The highest BCUT2D eigenvalue weighted by molar-refractivity contribution is 7.82. The first-order chi connectivity index (χ1) is 12.0.